The molecule has 0 aromatic heterocycles. The third-order valence-corrected chi connectivity index (χ3v) is 11.0. The number of rotatable bonds is 5. The summed E-state index contributed by atoms with van der Waals surface area (Å²) in [5, 5.41) is 0. The number of Topliss-reactive ketones (excluding diaryl/α,β-unsaturated/α-hetero) is 1. The average Bonchev–Trinajstić information content (AvgIpc) is 3.03. The minimum Gasteiger partial charge on any atom is -0.461 e. The summed E-state index contributed by atoms with van der Waals surface area (Å²) in [6, 6.07) is 0. The Hall–Kier alpha value is -0.220. The van der Waals surface area contributed by atoms with Crippen LogP contribution in [-0.2, 0) is 28.6 Å². The summed E-state index contributed by atoms with van der Waals surface area (Å²) >= 11 is 2.06. The molecule has 0 saturated heterocycles. The van der Waals surface area contributed by atoms with Crippen molar-refractivity contribution in [3.63, 3.8) is 0 Å². The first kappa shape index (κ1) is 24.9. The van der Waals surface area contributed by atoms with Crippen molar-refractivity contribution in [3.8, 4) is 0 Å². The molecule has 0 aromatic rings. The van der Waals surface area contributed by atoms with E-state index in [0.29, 0.717) is 28.6 Å². The summed E-state index contributed by atoms with van der Waals surface area (Å²) in [5.74, 6) is 1.70. The van der Waals surface area contributed by atoms with Crippen LogP contribution < -0.4 is 0 Å². The molecule has 0 spiro atoms. The maximum Gasteiger partial charge on any atom is 0.316 e. The largest absolute Gasteiger partial charge is 0.461 e. The third-order valence-electron chi connectivity index (χ3n) is 9.72. The molecule has 4 aliphatic rings. The van der Waals surface area contributed by atoms with Crippen LogP contribution in [0, 0.1) is 40.4 Å². The van der Waals surface area contributed by atoms with Gasteiger partial charge in [0, 0.05) is 11.8 Å². The summed E-state index contributed by atoms with van der Waals surface area (Å²) in [6.07, 6.45) is 7.93. The summed E-state index contributed by atoms with van der Waals surface area (Å²) in [5.41, 5.74) is -0.116. The first-order chi connectivity index (χ1) is 14.9. The molecular formula is C24H37IO6S. The van der Waals surface area contributed by atoms with E-state index in [1.165, 1.54) is 0 Å². The van der Waals surface area contributed by atoms with Crippen molar-refractivity contribution in [1.29, 1.82) is 0 Å². The second-order valence-corrected chi connectivity index (χ2v) is 13.7. The highest BCUT2D eigenvalue weighted by molar-refractivity contribution is 14.1. The fraction of sp³-hybridized carbons (Fsp3) is 0.917. The normalized spacial score (nSPS) is 46.0. The Morgan fingerprint density at radius 3 is 2.41 bits per heavy atom. The van der Waals surface area contributed by atoms with Crippen molar-refractivity contribution in [2.45, 2.75) is 84.3 Å². The Balaban J connectivity index is 1.66. The highest BCUT2D eigenvalue weighted by atomic mass is 127. The minimum absolute atomic E-state index is 0.00780. The standard InChI is InChI=1S/C24H37IO6S/c1-14(26)18-7-8-19-17-6-5-15-11-16(31-32(4,28)29)9-10-23(15,2)22(17)20(12-24(18,19)3)30-21(27)13-25/h15-20,22H,5-13H2,1-4H3/t15-,16+,17-,18+,19-,20-,22+,23-,24+/m0/s1. The first-order valence-corrected chi connectivity index (χ1v) is 15.4. The van der Waals surface area contributed by atoms with Gasteiger partial charge in [-0.05, 0) is 86.9 Å². The fourth-order valence-corrected chi connectivity index (χ4v) is 9.47. The highest BCUT2D eigenvalue weighted by Crippen LogP contribution is 2.68. The molecule has 0 aliphatic heterocycles. The van der Waals surface area contributed by atoms with Crippen LogP contribution in [-0.4, -0.2) is 43.1 Å². The molecule has 0 aromatic carbocycles. The topological polar surface area (TPSA) is 86.7 Å². The van der Waals surface area contributed by atoms with Gasteiger partial charge in [-0.3, -0.25) is 13.8 Å². The number of alkyl halides is 1. The van der Waals surface area contributed by atoms with Gasteiger partial charge in [-0.15, -0.1) is 0 Å². The molecule has 0 unspecified atom stereocenters. The Morgan fingerprint density at radius 2 is 1.78 bits per heavy atom. The maximum atomic E-state index is 12.5. The van der Waals surface area contributed by atoms with Gasteiger partial charge >= 0.3 is 5.97 Å². The van der Waals surface area contributed by atoms with Gasteiger partial charge < -0.3 is 4.74 Å². The zero-order valence-corrected chi connectivity index (χ0v) is 22.6. The second kappa shape index (κ2) is 8.77. The number of hydrogen-bond acceptors (Lipinski definition) is 6. The average molecular weight is 581 g/mol. The van der Waals surface area contributed by atoms with Crippen molar-refractivity contribution in [2.24, 2.45) is 40.4 Å². The lowest BCUT2D eigenvalue weighted by Gasteiger charge is -2.62. The third kappa shape index (κ3) is 4.30. The van der Waals surface area contributed by atoms with Crippen LogP contribution >= 0.6 is 22.6 Å². The van der Waals surface area contributed by atoms with Gasteiger partial charge in [0.15, 0.2) is 0 Å². The molecule has 0 bridgehead atoms. The summed E-state index contributed by atoms with van der Waals surface area (Å²) < 4.78 is 35.3. The Morgan fingerprint density at radius 1 is 1.06 bits per heavy atom. The number of ether oxygens (including phenoxy) is 1. The quantitative estimate of drug-likeness (QED) is 0.206. The van der Waals surface area contributed by atoms with Gasteiger partial charge in [0.05, 0.1) is 16.8 Å². The zero-order chi connectivity index (χ0) is 23.5. The van der Waals surface area contributed by atoms with Crippen molar-refractivity contribution in [2.75, 3.05) is 10.7 Å². The van der Waals surface area contributed by atoms with Crippen LogP contribution in [0.25, 0.3) is 0 Å². The molecular weight excluding hydrogens is 543 g/mol. The molecule has 6 nitrogen and oxygen atoms in total. The van der Waals surface area contributed by atoms with Crippen molar-refractivity contribution < 1.29 is 26.9 Å². The van der Waals surface area contributed by atoms with E-state index < -0.39 is 10.1 Å². The van der Waals surface area contributed by atoms with E-state index in [9.17, 15) is 18.0 Å². The Bertz CT molecular complexity index is 874. The van der Waals surface area contributed by atoms with E-state index in [-0.39, 0.29) is 46.6 Å². The van der Waals surface area contributed by atoms with Crippen LogP contribution in [0.4, 0.5) is 0 Å². The molecule has 4 saturated carbocycles. The van der Waals surface area contributed by atoms with Crippen LogP contribution in [0.3, 0.4) is 0 Å². The molecule has 9 atom stereocenters. The van der Waals surface area contributed by atoms with Crippen LogP contribution in [0.1, 0.15) is 72.1 Å². The summed E-state index contributed by atoms with van der Waals surface area (Å²) in [6.45, 7) is 6.33. The molecule has 4 rings (SSSR count). The minimum atomic E-state index is -3.47. The van der Waals surface area contributed by atoms with E-state index >= 15 is 0 Å². The molecule has 0 amide bonds. The molecule has 8 heteroatoms. The van der Waals surface area contributed by atoms with Crippen LogP contribution in [0.2, 0.25) is 0 Å². The zero-order valence-electron chi connectivity index (χ0n) is 19.6. The van der Waals surface area contributed by atoms with E-state index in [2.05, 4.69) is 36.4 Å². The van der Waals surface area contributed by atoms with Gasteiger partial charge in [0.1, 0.15) is 11.9 Å². The van der Waals surface area contributed by atoms with Crippen molar-refractivity contribution in [3.05, 3.63) is 0 Å². The number of carbonyl (C=O) groups excluding carboxylic acids is 2. The van der Waals surface area contributed by atoms with Gasteiger partial charge in [0.2, 0.25) is 0 Å². The molecule has 4 aliphatic carbocycles. The smallest absolute Gasteiger partial charge is 0.316 e. The molecule has 182 valence electrons. The lowest BCUT2D eigenvalue weighted by Crippen LogP contribution is -2.60. The number of fused-ring (bicyclic) bond motifs is 5. The molecule has 32 heavy (non-hydrogen) atoms. The monoisotopic (exact) mass is 580 g/mol. The Labute approximate surface area is 206 Å². The van der Waals surface area contributed by atoms with Crippen LogP contribution in [0.15, 0.2) is 0 Å². The fourth-order valence-electron chi connectivity index (χ4n) is 8.62. The number of carbonyl (C=O) groups is 2. The van der Waals surface area contributed by atoms with Gasteiger partial charge in [-0.1, -0.05) is 36.4 Å². The number of hydrogen-bond donors (Lipinski definition) is 0. The number of ketones is 1. The molecule has 0 N–H and O–H groups in total. The van der Waals surface area contributed by atoms with Gasteiger partial charge in [-0.2, -0.15) is 8.42 Å². The van der Waals surface area contributed by atoms with Gasteiger partial charge in [-0.25, -0.2) is 0 Å². The predicted octanol–water partition coefficient (Wildman–Crippen LogP) is 4.54. The van der Waals surface area contributed by atoms with E-state index in [1.54, 1.807) is 6.92 Å². The van der Waals surface area contributed by atoms with E-state index in [1.807, 2.05) is 0 Å². The Kier molecular flexibility index (Phi) is 6.82. The van der Waals surface area contributed by atoms with Crippen molar-refractivity contribution in [1.82, 2.24) is 0 Å². The summed E-state index contributed by atoms with van der Waals surface area (Å²) in [4.78, 5) is 25.0. The molecule has 0 radical (unpaired) electrons. The summed E-state index contributed by atoms with van der Waals surface area (Å²) in [7, 11) is -3.47. The van der Waals surface area contributed by atoms with Crippen LogP contribution in [0.5, 0.6) is 0 Å². The number of halogens is 1. The van der Waals surface area contributed by atoms with Crippen molar-refractivity contribution >= 4 is 44.5 Å². The maximum absolute atomic E-state index is 12.5. The molecule has 0 heterocycles. The second-order valence-electron chi connectivity index (χ2n) is 11.4. The first-order valence-electron chi connectivity index (χ1n) is 12.0. The lowest BCUT2D eigenvalue weighted by molar-refractivity contribution is -0.196. The highest BCUT2D eigenvalue weighted by Gasteiger charge is 2.64. The SMILES string of the molecule is CC(=O)[C@H]1CC[C@H]2[C@@H]3CC[C@H]4C[C@H](OS(C)(=O)=O)CC[C@]4(C)[C@H]3[C@@H](OC(=O)CI)C[C@]12C. The molecule has 4 fully saturated rings. The predicted molar refractivity (Wildman–Crippen MR) is 130 cm³/mol. The lowest BCUT2D eigenvalue weighted by atomic mass is 9.43. The van der Waals surface area contributed by atoms with E-state index in [0.717, 1.165) is 51.2 Å². The van der Waals surface area contributed by atoms with E-state index in [4.69, 9.17) is 8.92 Å². The number of esters is 1. The van der Waals surface area contributed by atoms with Gasteiger partial charge in [0.25, 0.3) is 10.1 Å².